The minimum absolute atomic E-state index is 0.137. The molecule has 0 spiro atoms. The van der Waals surface area contributed by atoms with E-state index in [-0.39, 0.29) is 5.56 Å². The van der Waals surface area contributed by atoms with E-state index < -0.39 is 0 Å². The summed E-state index contributed by atoms with van der Waals surface area (Å²) in [6, 6.07) is 5.62. The summed E-state index contributed by atoms with van der Waals surface area (Å²) in [7, 11) is 3.18. The summed E-state index contributed by atoms with van der Waals surface area (Å²) in [4.78, 5) is 16.2. The largest absolute Gasteiger partial charge is 0.493 e. The van der Waals surface area contributed by atoms with Gasteiger partial charge in [0.25, 0.3) is 5.56 Å². The van der Waals surface area contributed by atoms with E-state index in [0.717, 1.165) is 5.56 Å². The molecule has 6 nitrogen and oxygen atoms in total. The fourth-order valence-corrected chi connectivity index (χ4v) is 2.09. The van der Waals surface area contributed by atoms with Crippen molar-refractivity contribution in [3.05, 3.63) is 46.5 Å². The van der Waals surface area contributed by atoms with Gasteiger partial charge in [-0.25, -0.2) is 4.98 Å². The van der Waals surface area contributed by atoms with E-state index in [2.05, 4.69) is 10.3 Å². The maximum Gasteiger partial charge on any atom is 0.293 e. The number of anilines is 1. The van der Waals surface area contributed by atoms with Crippen LogP contribution in [0.25, 0.3) is 0 Å². The number of benzene rings is 1. The van der Waals surface area contributed by atoms with Gasteiger partial charge in [-0.1, -0.05) is 12.1 Å². The molecule has 0 amide bonds. The third kappa shape index (κ3) is 3.16. The number of rotatable bonds is 6. The molecule has 0 aliphatic carbocycles. The zero-order valence-electron chi connectivity index (χ0n) is 12.4. The number of aromatic nitrogens is 2. The molecule has 0 atom stereocenters. The van der Waals surface area contributed by atoms with Crippen molar-refractivity contribution in [3.63, 3.8) is 0 Å². The van der Waals surface area contributed by atoms with E-state index in [1.54, 1.807) is 31.2 Å². The minimum atomic E-state index is -0.137. The normalized spacial score (nSPS) is 10.2. The van der Waals surface area contributed by atoms with E-state index in [1.165, 1.54) is 0 Å². The highest BCUT2D eigenvalue weighted by atomic mass is 16.5. The third-order valence-electron chi connectivity index (χ3n) is 3.19. The maximum absolute atomic E-state index is 12.1. The molecule has 2 rings (SSSR count). The minimum Gasteiger partial charge on any atom is -0.493 e. The molecular weight excluding hydrogens is 270 g/mol. The molecule has 6 heteroatoms. The monoisotopic (exact) mass is 289 g/mol. The number of hydrogen-bond acceptors (Lipinski definition) is 5. The van der Waals surface area contributed by atoms with Crippen molar-refractivity contribution in [1.82, 2.24) is 9.55 Å². The quantitative estimate of drug-likeness (QED) is 0.879. The smallest absolute Gasteiger partial charge is 0.293 e. The number of nitrogens with one attached hydrogen (secondary N) is 1. The van der Waals surface area contributed by atoms with Crippen LogP contribution >= 0.6 is 0 Å². The highest BCUT2D eigenvalue weighted by molar-refractivity contribution is 5.48. The number of ether oxygens (including phenoxy) is 2. The van der Waals surface area contributed by atoms with Gasteiger partial charge in [-0.2, -0.15) is 0 Å². The standard InChI is InChI=1S/C15H19N3O3/c1-4-18-9-8-16-14(15(18)19)17-10-11-6-5-7-12(20-2)13(11)21-3/h5-9H,4,10H2,1-3H3,(H,16,17). The van der Waals surface area contributed by atoms with Crippen molar-refractivity contribution in [2.24, 2.45) is 0 Å². The van der Waals surface area contributed by atoms with Crippen molar-refractivity contribution < 1.29 is 9.47 Å². The Morgan fingerprint density at radius 2 is 2.10 bits per heavy atom. The Hall–Kier alpha value is -2.50. The SMILES string of the molecule is CCn1ccnc(NCc2cccc(OC)c2OC)c1=O. The number of hydrogen-bond donors (Lipinski definition) is 1. The molecule has 0 saturated heterocycles. The van der Waals surface area contributed by atoms with Crippen LogP contribution in [-0.4, -0.2) is 23.8 Å². The summed E-state index contributed by atoms with van der Waals surface area (Å²) in [5.41, 5.74) is 0.756. The highest BCUT2D eigenvalue weighted by Crippen LogP contribution is 2.30. The molecule has 0 fully saturated rings. The molecule has 1 N–H and O–H groups in total. The fraction of sp³-hybridized carbons (Fsp3) is 0.333. The van der Waals surface area contributed by atoms with Gasteiger partial charge in [-0.15, -0.1) is 0 Å². The Morgan fingerprint density at radius 1 is 1.29 bits per heavy atom. The fourth-order valence-electron chi connectivity index (χ4n) is 2.09. The van der Waals surface area contributed by atoms with Crippen molar-refractivity contribution in [1.29, 1.82) is 0 Å². The zero-order chi connectivity index (χ0) is 15.2. The first kappa shape index (κ1) is 14.9. The second-order valence-electron chi connectivity index (χ2n) is 4.37. The van der Waals surface area contributed by atoms with Crippen LogP contribution in [0.15, 0.2) is 35.4 Å². The molecular formula is C15H19N3O3. The average molecular weight is 289 g/mol. The molecule has 0 aliphatic heterocycles. The number of methoxy groups -OCH3 is 2. The Kier molecular flexibility index (Phi) is 4.81. The van der Waals surface area contributed by atoms with Crippen molar-refractivity contribution in [3.8, 4) is 11.5 Å². The van der Waals surface area contributed by atoms with Crippen LogP contribution < -0.4 is 20.3 Å². The van der Waals surface area contributed by atoms with Crippen LogP contribution in [0.3, 0.4) is 0 Å². The highest BCUT2D eigenvalue weighted by Gasteiger charge is 2.10. The van der Waals surface area contributed by atoms with Crippen LogP contribution in [-0.2, 0) is 13.1 Å². The van der Waals surface area contributed by atoms with Crippen molar-refractivity contribution in [2.75, 3.05) is 19.5 Å². The summed E-state index contributed by atoms with van der Waals surface area (Å²) in [5.74, 6) is 1.63. The number of nitrogens with zero attached hydrogens (tertiary/aromatic N) is 2. The van der Waals surface area contributed by atoms with Crippen LogP contribution in [0, 0.1) is 0 Å². The van der Waals surface area contributed by atoms with Gasteiger partial charge in [0.15, 0.2) is 17.3 Å². The van der Waals surface area contributed by atoms with Gasteiger partial charge in [-0.3, -0.25) is 4.79 Å². The van der Waals surface area contributed by atoms with Gasteiger partial charge in [0.2, 0.25) is 0 Å². The Morgan fingerprint density at radius 3 is 2.76 bits per heavy atom. The van der Waals surface area contributed by atoms with Crippen molar-refractivity contribution >= 4 is 5.82 Å². The van der Waals surface area contributed by atoms with E-state index >= 15 is 0 Å². The molecule has 2 aromatic rings. The molecule has 0 radical (unpaired) electrons. The van der Waals surface area contributed by atoms with Gasteiger partial charge in [0.05, 0.1) is 14.2 Å². The van der Waals surface area contributed by atoms with Crippen LogP contribution in [0.1, 0.15) is 12.5 Å². The van der Waals surface area contributed by atoms with Crippen LogP contribution in [0.2, 0.25) is 0 Å². The lowest BCUT2D eigenvalue weighted by Crippen LogP contribution is -2.23. The van der Waals surface area contributed by atoms with E-state index in [1.807, 2.05) is 25.1 Å². The molecule has 1 aromatic heterocycles. The van der Waals surface area contributed by atoms with Crippen LogP contribution in [0.4, 0.5) is 5.82 Å². The molecule has 0 aliphatic rings. The lowest BCUT2D eigenvalue weighted by atomic mass is 10.2. The van der Waals surface area contributed by atoms with E-state index in [4.69, 9.17) is 9.47 Å². The molecule has 0 saturated carbocycles. The first-order valence-corrected chi connectivity index (χ1v) is 6.70. The Balaban J connectivity index is 2.23. The third-order valence-corrected chi connectivity index (χ3v) is 3.19. The predicted molar refractivity (Wildman–Crippen MR) is 81.0 cm³/mol. The van der Waals surface area contributed by atoms with E-state index in [0.29, 0.717) is 30.4 Å². The topological polar surface area (TPSA) is 65.4 Å². The lowest BCUT2D eigenvalue weighted by Gasteiger charge is -2.13. The van der Waals surface area contributed by atoms with Gasteiger partial charge in [-0.05, 0) is 13.0 Å². The van der Waals surface area contributed by atoms with Gasteiger partial charge < -0.3 is 19.4 Å². The summed E-state index contributed by atoms with van der Waals surface area (Å²) in [6.45, 7) is 2.95. The summed E-state index contributed by atoms with van der Waals surface area (Å²) >= 11 is 0. The Labute approximate surface area is 123 Å². The lowest BCUT2D eigenvalue weighted by molar-refractivity contribution is 0.352. The molecule has 21 heavy (non-hydrogen) atoms. The van der Waals surface area contributed by atoms with Crippen LogP contribution in [0.5, 0.6) is 11.5 Å². The first-order chi connectivity index (χ1) is 10.2. The van der Waals surface area contributed by atoms with Gasteiger partial charge >= 0.3 is 0 Å². The summed E-state index contributed by atoms with van der Waals surface area (Å²) in [5, 5.41) is 3.05. The predicted octanol–water partition coefficient (Wildman–Crippen LogP) is 1.89. The molecule has 0 bridgehead atoms. The molecule has 1 aromatic carbocycles. The maximum atomic E-state index is 12.1. The number of aryl methyl sites for hydroxylation is 1. The van der Waals surface area contributed by atoms with Gasteiger partial charge in [0, 0.05) is 31.0 Å². The van der Waals surface area contributed by atoms with E-state index in [9.17, 15) is 4.79 Å². The molecule has 112 valence electrons. The second-order valence-corrected chi connectivity index (χ2v) is 4.37. The number of para-hydroxylation sites is 1. The first-order valence-electron chi connectivity index (χ1n) is 6.70. The second kappa shape index (κ2) is 6.78. The summed E-state index contributed by atoms with van der Waals surface area (Å²) in [6.07, 6.45) is 3.27. The Bertz CT molecular complexity index is 667. The molecule has 1 heterocycles. The van der Waals surface area contributed by atoms with Crippen molar-refractivity contribution in [2.45, 2.75) is 20.0 Å². The van der Waals surface area contributed by atoms with Gasteiger partial charge in [0.1, 0.15) is 0 Å². The summed E-state index contributed by atoms with van der Waals surface area (Å²) < 4.78 is 12.2. The molecule has 0 unspecified atom stereocenters. The zero-order valence-corrected chi connectivity index (χ0v) is 12.4. The average Bonchev–Trinajstić information content (AvgIpc) is 2.53.